The van der Waals surface area contributed by atoms with Crippen LogP contribution in [0, 0.1) is 33.8 Å². The quantitative estimate of drug-likeness (QED) is 0.264. The number of amides is 2. The van der Waals surface area contributed by atoms with E-state index in [1.807, 2.05) is 17.1 Å². The van der Waals surface area contributed by atoms with Gasteiger partial charge < -0.3 is 9.80 Å². The highest BCUT2D eigenvalue weighted by Crippen LogP contribution is 2.53. The van der Waals surface area contributed by atoms with Crippen molar-refractivity contribution in [2.75, 3.05) is 40.9 Å². The second kappa shape index (κ2) is 8.32. The molecule has 2 aromatic carbocycles. The normalized spacial score (nSPS) is 26.8. The number of anilines is 3. The predicted molar refractivity (Wildman–Crippen MR) is 129 cm³/mol. The molecule has 2 aromatic rings. The van der Waals surface area contributed by atoms with Gasteiger partial charge in [-0.3, -0.25) is 19.7 Å². The fourth-order valence-corrected chi connectivity index (χ4v) is 6.31. The molecule has 4 atom stereocenters. The number of piperazine rings is 1. The van der Waals surface area contributed by atoms with Gasteiger partial charge in [-0.05, 0) is 48.6 Å². The summed E-state index contributed by atoms with van der Waals surface area (Å²) in [6, 6.07) is 9.50. The number of alkyl halides is 3. The van der Waals surface area contributed by atoms with E-state index >= 15 is 0 Å². The molecule has 2 aliphatic carbocycles. The number of nitro groups is 1. The summed E-state index contributed by atoms with van der Waals surface area (Å²) in [6.07, 6.45) is 0.343. The van der Waals surface area contributed by atoms with Crippen molar-refractivity contribution in [3.8, 4) is 0 Å². The molecular weight excluding hydrogens is 489 g/mol. The Bertz CT molecular complexity index is 1310. The molecule has 0 N–H and O–H groups in total. The molecule has 8 nitrogen and oxygen atoms in total. The second-order valence-corrected chi connectivity index (χ2v) is 9.96. The second-order valence-electron chi connectivity index (χ2n) is 9.96. The lowest BCUT2D eigenvalue weighted by atomic mass is 9.85. The number of hydrogen-bond acceptors (Lipinski definition) is 6. The van der Waals surface area contributed by atoms with Crippen molar-refractivity contribution >= 4 is 34.6 Å². The van der Waals surface area contributed by atoms with Crippen molar-refractivity contribution in [3.05, 3.63) is 70.3 Å². The van der Waals surface area contributed by atoms with Crippen LogP contribution in [0.1, 0.15) is 12.0 Å². The van der Waals surface area contributed by atoms with E-state index in [0.717, 1.165) is 23.5 Å². The summed E-state index contributed by atoms with van der Waals surface area (Å²) in [5.41, 5.74) is 0.0427. The van der Waals surface area contributed by atoms with Crippen molar-refractivity contribution < 1.29 is 27.7 Å². The standard InChI is InChI=1S/C26H23F3N4O4/c27-26(28,29)17-2-1-3-18(13-17)30-8-10-31(11-9-30)20-7-6-19(14-21(20)33(36)37)32-24(34)22-15-4-5-16(12-15)23(22)25(32)35/h1-7,13-16,22-23H,8-12H2/t15-,16-,22-,23+/m0/s1. The third-order valence-electron chi connectivity index (χ3n) is 8.04. The third kappa shape index (κ3) is 3.75. The topological polar surface area (TPSA) is 87.0 Å². The number of fused-ring (bicyclic) bond motifs is 5. The number of imide groups is 1. The number of carbonyl (C=O) groups is 2. The minimum absolute atomic E-state index is 0.0406. The maximum absolute atomic E-state index is 13.1. The highest BCUT2D eigenvalue weighted by Gasteiger charge is 2.59. The van der Waals surface area contributed by atoms with Gasteiger partial charge >= 0.3 is 6.18 Å². The number of hydrogen-bond donors (Lipinski definition) is 0. The zero-order chi connectivity index (χ0) is 26.1. The molecule has 2 aliphatic heterocycles. The minimum atomic E-state index is -4.44. The van der Waals surface area contributed by atoms with Crippen LogP contribution in [0.25, 0.3) is 0 Å². The molecule has 3 fully saturated rings. The maximum atomic E-state index is 13.1. The Hall–Kier alpha value is -3.89. The number of benzene rings is 2. The number of carbonyl (C=O) groups excluding carboxylic acids is 2. The molecule has 37 heavy (non-hydrogen) atoms. The Labute approximate surface area is 210 Å². The van der Waals surface area contributed by atoms with Gasteiger partial charge in [0.1, 0.15) is 5.69 Å². The van der Waals surface area contributed by atoms with Gasteiger partial charge in [-0.2, -0.15) is 13.2 Å². The number of nitro benzene ring substituents is 1. The lowest BCUT2D eigenvalue weighted by Gasteiger charge is -2.37. The van der Waals surface area contributed by atoms with Crippen LogP contribution in [0.5, 0.6) is 0 Å². The van der Waals surface area contributed by atoms with Gasteiger partial charge in [-0.15, -0.1) is 0 Å². The molecular formula is C26H23F3N4O4. The number of rotatable bonds is 4. The van der Waals surface area contributed by atoms with Gasteiger partial charge in [0.25, 0.3) is 5.69 Å². The van der Waals surface area contributed by atoms with Crippen LogP contribution in [0.15, 0.2) is 54.6 Å². The van der Waals surface area contributed by atoms with Gasteiger partial charge in [0.15, 0.2) is 0 Å². The average molecular weight is 512 g/mol. The van der Waals surface area contributed by atoms with E-state index in [9.17, 15) is 32.9 Å². The fraction of sp³-hybridized carbons (Fsp3) is 0.385. The zero-order valence-electron chi connectivity index (χ0n) is 19.6. The molecule has 11 heteroatoms. The molecule has 4 aliphatic rings. The summed E-state index contributed by atoms with van der Waals surface area (Å²) in [6.45, 7) is 1.47. The molecule has 0 spiro atoms. The van der Waals surface area contributed by atoms with Crippen LogP contribution in [0.2, 0.25) is 0 Å². The molecule has 1 saturated carbocycles. The number of allylic oxidation sites excluding steroid dienone is 2. The van der Waals surface area contributed by atoms with Crippen LogP contribution in [0.3, 0.4) is 0 Å². The van der Waals surface area contributed by atoms with E-state index in [2.05, 4.69) is 0 Å². The first kappa shape index (κ1) is 23.5. The van der Waals surface area contributed by atoms with E-state index in [-0.39, 0.29) is 35.0 Å². The highest BCUT2D eigenvalue weighted by atomic mass is 19.4. The molecule has 192 valence electrons. The van der Waals surface area contributed by atoms with E-state index in [1.165, 1.54) is 12.1 Å². The number of halogens is 3. The van der Waals surface area contributed by atoms with E-state index in [0.29, 0.717) is 37.6 Å². The smallest absolute Gasteiger partial charge is 0.368 e. The maximum Gasteiger partial charge on any atom is 0.416 e. The SMILES string of the molecule is O=C1[C@@H]2[C@H](C(=O)N1c1ccc(N3CCN(c4cccc(C(F)(F)F)c4)CC3)c([N+](=O)[O-])c1)[C@H]1C=C[C@H]2C1. The Kier molecular flexibility index (Phi) is 5.29. The zero-order valence-corrected chi connectivity index (χ0v) is 19.6. The monoisotopic (exact) mass is 512 g/mol. The van der Waals surface area contributed by atoms with Gasteiger partial charge in [0.05, 0.1) is 28.0 Å². The van der Waals surface area contributed by atoms with Crippen LogP contribution >= 0.6 is 0 Å². The molecule has 0 radical (unpaired) electrons. The Morgan fingerprint density at radius 3 is 2.05 bits per heavy atom. The van der Waals surface area contributed by atoms with Gasteiger partial charge in [0, 0.05) is 37.9 Å². The summed E-state index contributed by atoms with van der Waals surface area (Å²) >= 11 is 0. The van der Waals surface area contributed by atoms with Crippen molar-refractivity contribution in [3.63, 3.8) is 0 Å². The summed E-state index contributed by atoms with van der Waals surface area (Å²) in [5.74, 6) is -1.32. The van der Waals surface area contributed by atoms with Crippen molar-refractivity contribution in [1.82, 2.24) is 0 Å². The minimum Gasteiger partial charge on any atom is -0.368 e. The first-order chi connectivity index (χ1) is 17.6. The van der Waals surface area contributed by atoms with Gasteiger partial charge in [-0.25, -0.2) is 4.90 Å². The molecule has 2 saturated heterocycles. The molecule has 0 unspecified atom stereocenters. The first-order valence-corrected chi connectivity index (χ1v) is 12.2. The lowest BCUT2D eigenvalue weighted by Crippen LogP contribution is -2.46. The molecule has 0 aromatic heterocycles. The van der Waals surface area contributed by atoms with Crippen molar-refractivity contribution in [2.45, 2.75) is 12.6 Å². The Morgan fingerprint density at radius 1 is 0.838 bits per heavy atom. The fourth-order valence-electron chi connectivity index (χ4n) is 6.31. The Balaban J connectivity index is 1.21. The predicted octanol–water partition coefficient (Wildman–Crippen LogP) is 4.25. The first-order valence-electron chi connectivity index (χ1n) is 12.2. The summed E-state index contributed by atoms with van der Waals surface area (Å²) in [4.78, 5) is 42.4. The number of nitrogens with zero attached hydrogens (tertiary/aromatic N) is 4. The summed E-state index contributed by atoms with van der Waals surface area (Å²) in [7, 11) is 0. The van der Waals surface area contributed by atoms with E-state index in [4.69, 9.17) is 0 Å². The third-order valence-corrected chi connectivity index (χ3v) is 8.04. The molecule has 6 rings (SSSR count). The average Bonchev–Trinajstić information content (AvgIpc) is 3.57. The van der Waals surface area contributed by atoms with Crippen LogP contribution in [0.4, 0.5) is 35.9 Å². The highest BCUT2D eigenvalue weighted by molar-refractivity contribution is 6.23. The van der Waals surface area contributed by atoms with Gasteiger partial charge in [-0.1, -0.05) is 18.2 Å². The van der Waals surface area contributed by atoms with Gasteiger partial charge in [0.2, 0.25) is 11.8 Å². The molecule has 2 bridgehead atoms. The largest absolute Gasteiger partial charge is 0.416 e. The van der Waals surface area contributed by atoms with Crippen LogP contribution in [-0.2, 0) is 15.8 Å². The lowest BCUT2D eigenvalue weighted by molar-refractivity contribution is -0.384. The van der Waals surface area contributed by atoms with E-state index in [1.54, 1.807) is 23.1 Å². The summed E-state index contributed by atoms with van der Waals surface area (Å²) < 4.78 is 39.3. The van der Waals surface area contributed by atoms with Crippen LogP contribution in [-0.4, -0.2) is 42.9 Å². The molecule has 2 amide bonds. The summed E-state index contributed by atoms with van der Waals surface area (Å²) in [5, 5.41) is 12.0. The van der Waals surface area contributed by atoms with E-state index < -0.39 is 28.5 Å². The van der Waals surface area contributed by atoms with Crippen molar-refractivity contribution in [2.24, 2.45) is 23.7 Å². The van der Waals surface area contributed by atoms with Crippen molar-refractivity contribution in [1.29, 1.82) is 0 Å². The molecule has 2 heterocycles. The van der Waals surface area contributed by atoms with Crippen LogP contribution < -0.4 is 14.7 Å². The Morgan fingerprint density at radius 2 is 1.46 bits per heavy atom.